The fourth-order valence-corrected chi connectivity index (χ4v) is 4.12. The van der Waals surface area contributed by atoms with Crippen molar-refractivity contribution in [1.29, 1.82) is 0 Å². The smallest absolute Gasteiger partial charge is 0.242 e. The van der Waals surface area contributed by atoms with Crippen molar-refractivity contribution in [1.82, 2.24) is 10.2 Å². The molecular weight excluding hydrogens is 324 g/mol. The minimum absolute atomic E-state index is 0.0151. The number of hydrogen-bond acceptors (Lipinski definition) is 2. The van der Waals surface area contributed by atoms with Gasteiger partial charge in [0.15, 0.2) is 0 Å². The van der Waals surface area contributed by atoms with Crippen molar-refractivity contribution in [2.75, 3.05) is 13.1 Å². The molecule has 0 radical (unpaired) electrons. The van der Waals surface area contributed by atoms with Gasteiger partial charge in [0.2, 0.25) is 11.8 Å². The summed E-state index contributed by atoms with van der Waals surface area (Å²) in [6, 6.07) is 9.82. The van der Waals surface area contributed by atoms with Crippen molar-refractivity contribution in [2.24, 2.45) is 5.92 Å². The van der Waals surface area contributed by atoms with Crippen LogP contribution in [-0.4, -0.2) is 35.8 Å². The third-order valence-electron chi connectivity index (χ3n) is 5.50. The Bertz CT molecular complexity index is 647. The lowest BCUT2D eigenvalue weighted by Crippen LogP contribution is -2.50. The van der Waals surface area contributed by atoms with Crippen LogP contribution in [0.25, 0.3) is 6.08 Å². The average Bonchev–Trinajstić information content (AvgIpc) is 3.10. The Morgan fingerprint density at radius 2 is 1.81 bits per heavy atom. The SMILES string of the molecule is C/C(=C/c1ccccc1)CN(C(=O)C1CCCC1)C1CCCCNC1=O. The molecule has 0 spiro atoms. The van der Waals surface area contributed by atoms with Gasteiger partial charge in [0.05, 0.1) is 0 Å². The molecule has 140 valence electrons. The minimum atomic E-state index is -0.329. The Morgan fingerprint density at radius 3 is 2.54 bits per heavy atom. The molecule has 3 rings (SSSR count). The van der Waals surface area contributed by atoms with E-state index >= 15 is 0 Å². The van der Waals surface area contributed by atoms with Gasteiger partial charge < -0.3 is 10.2 Å². The highest BCUT2D eigenvalue weighted by Gasteiger charge is 2.35. The number of carbonyl (C=O) groups excluding carboxylic acids is 2. The lowest BCUT2D eigenvalue weighted by molar-refractivity contribution is -0.143. The van der Waals surface area contributed by atoms with E-state index in [0.717, 1.165) is 62.6 Å². The van der Waals surface area contributed by atoms with E-state index in [1.807, 2.05) is 23.1 Å². The molecule has 1 saturated carbocycles. The Labute approximate surface area is 156 Å². The van der Waals surface area contributed by atoms with Crippen molar-refractivity contribution in [3.8, 4) is 0 Å². The van der Waals surface area contributed by atoms with Crippen molar-refractivity contribution >= 4 is 17.9 Å². The van der Waals surface area contributed by atoms with Gasteiger partial charge in [0.25, 0.3) is 0 Å². The number of hydrogen-bond donors (Lipinski definition) is 1. The van der Waals surface area contributed by atoms with E-state index in [9.17, 15) is 9.59 Å². The van der Waals surface area contributed by atoms with Gasteiger partial charge in [-0.15, -0.1) is 0 Å². The van der Waals surface area contributed by atoms with Crippen LogP contribution in [0, 0.1) is 5.92 Å². The average molecular weight is 354 g/mol. The van der Waals surface area contributed by atoms with Crippen LogP contribution in [0.15, 0.2) is 35.9 Å². The summed E-state index contributed by atoms with van der Waals surface area (Å²) in [5, 5.41) is 2.99. The molecule has 2 aliphatic rings. The topological polar surface area (TPSA) is 49.4 Å². The monoisotopic (exact) mass is 354 g/mol. The van der Waals surface area contributed by atoms with Crippen LogP contribution in [0.3, 0.4) is 0 Å². The molecule has 2 amide bonds. The minimum Gasteiger partial charge on any atom is -0.354 e. The normalized spacial score (nSPS) is 22.0. The second kappa shape index (κ2) is 9.02. The number of nitrogens with zero attached hydrogens (tertiary/aromatic N) is 1. The molecule has 1 aliphatic heterocycles. The maximum absolute atomic E-state index is 13.2. The van der Waals surface area contributed by atoms with Gasteiger partial charge in [-0.2, -0.15) is 0 Å². The van der Waals surface area contributed by atoms with Crippen LogP contribution in [0.4, 0.5) is 0 Å². The molecule has 0 bridgehead atoms. The largest absolute Gasteiger partial charge is 0.354 e. The number of nitrogens with one attached hydrogen (secondary N) is 1. The second-order valence-corrected chi connectivity index (χ2v) is 7.65. The molecule has 1 aromatic rings. The van der Waals surface area contributed by atoms with Crippen molar-refractivity contribution < 1.29 is 9.59 Å². The lowest BCUT2D eigenvalue weighted by Gasteiger charge is -2.32. The van der Waals surface area contributed by atoms with E-state index < -0.39 is 0 Å². The van der Waals surface area contributed by atoms with Crippen LogP contribution in [-0.2, 0) is 9.59 Å². The van der Waals surface area contributed by atoms with E-state index in [4.69, 9.17) is 0 Å². The van der Waals surface area contributed by atoms with Crippen LogP contribution in [0.2, 0.25) is 0 Å². The molecule has 1 unspecified atom stereocenters. The van der Waals surface area contributed by atoms with Gasteiger partial charge in [-0.05, 0) is 44.6 Å². The van der Waals surface area contributed by atoms with Gasteiger partial charge in [-0.25, -0.2) is 0 Å². The number of rotatable bonds is 5. The second-order valence-electron chi connectivity index (χ2n) is 7.65. The molecular formula is C22H30N2O2. The zero-order valence-electron chi connectivity index (χ0n) is 15.7. The molecule has 1 heterocycles. The summed E-state index contributed by atoms with van der Waals surface area (Å²) in [6.45, 7) is 3.30. The predicted molar refractivity (Wildman–Crippen MR) is 104 cm³/mol. The quantitative estimate of drug-likeness (QED) is 0.875. The van der Waals surface area contributed by atoms with E-state index in [2.05, 4.69) is 30.4 Å². The summed E-state index contributed by atoms with van der Waals surface area (Å²) < 4.78 is 0. The highest BCUT2D eigenvalue weighted by Crippen LogP contribution is 2.28. The fourth-order valence-electron chi connectivity index (χ4n) is 4.12. The fraction of sp³-hybridized carbons (Fsp3) is 0.545. The number of benzene rings is 1. The summed E-state index contributed by atoms with van der Waals surface area (Å²) >= 11 is 0. The van der Waals surface area contributed by atoms with Gasteiger partial charge in [-0.1, -0.05) is 54.8 Å². The van der Waals surface area contributed by atoms with E-state index in [-0.39, 0.29) is 23.8 Å². The Hall–Kier alpha value is -2.10. The Kier molecular flexibility index (Phi) is 6.48. The third-order valence-corrected chi connectivity index (χ3v) is 5.50. The van der Waals surface area contributed by atoms with Crippen molar-refractivity contribution in [3.05, 3.63) is 41.5 Å². The zero-order chi connectivity index (χ0) is 18.4. The van der Waals surface area contributed by atoms with Crippen LogP contribution >= 0.6 is 0 Å². The number of carbonyl (C=O) groups is 2. The summed E-state index contributed by atoms with van der Waals surface area (Å²) in [5.74, 6) is 0.280. The Balaban J connectivity index is 1.80. The van der Waals surface area contributed by atoms with Crippen molar-refractivity contribution in [3.63, 3.8) is 0 Å². The highest BCUT2D eigenvalue weighted by molar-refractivity contribution is 5.89. The molecule has 26 heavy (non-hydrogen) atoms. The number of amides is 2. The van der Waals surface area contributed by atoms with Crippen LogP contribution in [0.5, 0.6) is 0 Å². The first-order valence-electron chi connectivity index (χ1n) is 9.95. The molecule has 4 heteroatoms. The molecule has 4 nitrogen and oxygen atoms in total. The lowest BCUT2D eigenvalue weighted by atomic mass is 10.0. The molecule has 1 aliphatic carbocycles. The maximum atomic E-state index is 13.2. The zero-order valence-corrected chi connectivity index (χ0v) is 15.7. The Morgan fingerprint density at radius 1 is 1.12 bits per heavy atom. The van der Waals surface area contributed by atoms with Crippen molar-refractivity contribution in [2.45, 2.75) is 57.9 Å². The summed E-state index contributed by atoms with van der Waals surface area (Å²) in [6.07, 6.45) is 9.04. The summed E-state index contributed by atoms with van der Waals surface area (Å²) in [4.78, 5) is 27.7. The van der Waals surface area contributed by atoms with Gasteiger partial charge in [0, 0.05) is 19.0 Å². The van der Waals surface area contributed by atoms with Gasteiger partial charge in [-0.3, -0.25) is 9.59 Å². The first-order valence-corrected chi connectivity index (χ1v) is 9.95. The summed E-state index contributed by atoms with van der Waals surface area (Å²) in [5.41, 5.74) is 2.24. The first-order chi connectivity index (χ1) is 12.6. The van der Waals surface area contributed by atoms with E-state index in [1.165, 1.54) is 0 Å². The predicted octanol–water partition coefficient (Wildman–Crippen LogP) is 3.78. The molecule has 2 fully saturated rings. The molecule has 1 aromatic carbocycles. The molecule has 1 N–H and O–H groups in total. The first kappa shape index (κ1) is 18.7. The molecule has 1 saturated heterocycles. The highest BCUT2D eigenvalue weighted by atomic mass is 16.2. The van der Waals surface area contributed by atoms with Crippen LogP contribution in [0.1, 0.15) is 57.4 Å². The standard InChI is InChI=1S/C22H30N2O2/c1-17(15-18-9-3-2-4-10-18)16-24(22(26)19-11-5-6-12-19)20-13-7-8-14-23-21(20)25/h2-4,9-10,15,19-20H,5-8,11-14,16H2,1H3,(H,23,25)/b17-15-. The third kappa shape index (κ3) is 4.75. The van der Waals surface area contributed by atoms with Gasteiger partial charge >= 0.3 is 0 Å². The summed E-state index contributed by atoms with van der Waals surface area (Å²) in [7, 11) is 0. The van der Waals surface area contributed by atoms with E-state index in [1.54, 1.807) is 0 Å². The maximum Gasteiger partial charge on any atom is 0.242 e. The molecule has 0 aromatic heterocycles. The van der Waals surface area contributed by atoms with E-state index in [0.29, 0.717) is 6.54 Å². The molecule has 1 atom stereocenters. The van der Waals surface area contributed by atoms with Crippen LogP contribution < -0.4 is 5.32 Å². The van der Waals surface area contributed by atoms with Gasteiger partial charge in [0.1, 0.15) is 6.04 Å².